The fourth-order valence-corrected chi connectivity index (χ4v) is 4.88. The summed E-state index contributed by atoms with van der Waals surface area (Å²) >= 11 is 12.8. The highest BCUT2D eigenvalue weighted by atomic mass is 35.5. The van der Waals surface area contributed by atoms with E-state index in [1.165, 1.54) is 6.07 Å². The number of aliphatic imine (C=N–C) groups is 1. The maximum Gasteiger partial charge on any atom is 0.266 e. The van der Waals surface area contributed by atoms with Crippen LogP contribution < -0.4 is 15.6 Å². The Hall–Kier alpha value is -3.86. The van der Waals surface area contributed by atoms with Gasteiger partial charge < -0.3 is 14.6 Å². The van der Waals surface area contributed by atoms with Gasteiger partial charge in [-0.2, -0.15) is 0 Å². The zero-order valence-corrected chi connectivity index (χ0v) is 23.3. The summed E-state index contributed by atoms with van der Waals surface area (Å²) in [6, 6.07) is 18.5. The van der Waals surface area contributed by atoms with Crippen LogP contribution in [0.2, 0.25) is 10.0 Å². The predicted octanol–water partition coefficient (Wildman–Crippen LogP) is 5.79. The molecule has 0 saturated heterocycles. The summed E-state index contributed by atoms with van der Waals surface area (Å²) in [5, 5.41) is 13.4. The predicted molar refractivity (Wildman–Crippen MR) is 154 cm³/mol. The number of halogens is 3. The summed E-state index contributed by atoms with van der Waals surface area (Å²) in [5.41, 5.74) is 14.4. The van der Waals surface area contributed by atoms with E-state index in [-0.39, 0.29) is 30.5 Å². The molecule has 3 aromatic carbocycles. The van der Waals surface area contributed by atoms with E-state index in [4.69, 9.17) is 48.3 Å². The van der Waals surface area contributed by atoms with Gasteiger partial charge in [-0.15, -0.1) is 0 Å². The fraction of sp³-hybridized carbons (Fsp3) is 0.286. The van der Waals surface area contributed by atoms with Gasteiger partial charge in [0, 0.05) is 57.8 Å². The lowest BCUT2D eigenvalue weighted by Gasteiger charge is -2.31. The van der Waals surface area contributed by atoms with Gasteiger partial charge in [0.05, 0.1) is 6.61 Å². The van der Waals surface area contributed by atoms with E-state index in [0.29, 0.717) is 46.2 Å². The van der Waals surface area contributed by atoms with Crippen molar-refractivity contribution in [1.29, 1.82) is 0 Å². The topological polar surface area (TPSA) is 141 Å². The van der Waals surface area contributed by atoms with Crippen molar-refractivity contribution in [2.75, 3.05) is 26.4 Å². The molecule has 0 aromatic heterocycles. The van der Waals surface area contributed by atoms with Crippen molar-refractivity contribution in [3.05, 3.63) is 104 Å². The lowest BCUT2D eigenvalue weighted by atomic mass is 9.81. The number of nitrogens with one attached hydrogen (secondary N) is 2. The van der Waals surface area contributed by atoms with Gasteiger partial charge in [0.25, 0.3) is 5.91 Å². The Morgan fingerprint density at radius 1 is 1.20 bits per heavy atom. The molecule has 1 amide bonds. The maximum absolute atomic E-state index is 14.0. The number of aliphatic hydroxyl groups is 1. The summed E-state index contributed by atoms with van der Waals surface area (Å²) in [6.07, 6.45) is -0.609. The van der Waals surface area contributed by atoms with Crippen LogP contribution in [0.5, 0.6) is 5.75 Å². The fourth-order valence-electron chi connectivity index (χ4n) is 4.37. The highest BCUT2D eigenvalue weighted by Gasteiger charge is 2.54. The number of hydrogen-bond donors (Lipinski definition) is 3. The monoisotopic (exact) mass is 600 g/mol. The van der Waals surface area contributed by atoms with Gasteiger partial charge in [-0.05, 0) is 47.5 Å². The molecule has 0 saturated carbocycles. The van der Waals surface area contributed by atoms with Gasteiger partial charge in [0.2, 0.25) is 5.90 Å². The van der Waals surface area contributed by atoms with Crippen molar-refractivity contribution >= 4 is 40.7 Å². The molecule has 1 aliphatic rings. The second-order valence-electron chi connectivity index (χ2n) is 9.02. The van der Waals surface area contributed by atoms with Crippen LogP contribution in [0.1, 0.15) is 29.2 Å². The number of benzene rings is 3. The molecule has 3 aromatic rings. The largest absolute Gasteiger partial charge is 0.494 e. The average molecular weight is 601 g/mol. The number of azide groups is 1. The molecular formula is C28H27Cl2FN6O4. The van der Waals surface area contributed by atoms with Crippen LogP contribution >= 0.6 is 23.2 Å². The van der Waals surface area contributed by atoms with Gasteiger partial charge >= 0.3 is 0 Å². The van der Waals surface area contributed by atoms with E-state index in [1.807, 2.05) is 0 Å². The third-order valence-corrected chi connectivity index (χ3v) is 6.86. The number of carbonyl (C=O) groups is 1. The van der Waals surface area contributed by atoms with Gasteiger partial charge in [0.1, 0.15) is 12.4 Å². The van der Waals surface area contributed by atoms with E-state index >= 15 is 0 Å². The average Bonchev–Trinajstić information content (AvgIpc) is 3.35. The molecule has 0 radical (unpaired) electrons. The number of nitrogens with zero attached hydrogens (tertiary/aromatic N) is 4. The number of aliphatic hydroxyl groups excluding tert-OH is 1. The Labute approximate surface area is 245 Å². The van der Waals surface area contributed by atoms with Crippen molar-refractivity contribution in [1.82, 2.24) is 10.9 Å². The zero-order chi connectivity index (χ0) is 29.2. The minimum atomic E-state index is -1.67. The number of amides is 1. The van der Waals surface area contributed by atoms with Crippen LogP contribution in [-0.4, -0.2) is 48.9 Å². The van der Waals surface area contributed by atoms with Crippen LogP contribution in [0.3, 0.4) is 0 Å². The quantitative estimate of drug-likeness (QED) is 0.0748. The summed E-state index contributed by atoms with van der Waals surface area (Å²) in [4.78, 5) is 21.7. The molecule has 4 rings (SSSR count). The first-order chi connectivity index (χ1) is 19.9. The first kappa shape index (κ1) is 30.1. The number of rotatable bonds is 13. The van der Waals surface area contributed by atoms with Crippen molar-refractivity contribution in [2.45, 2.75) is 24.5 Å². The van der Waals surface area contributed by atoms with Crippen molar-refractivity contribution in [3.8, 4) is 5.75 Å². The summed E-state index contributed by atoms with van der Waals surface area (Å²) < 4.78 is 24.9. The Kier molecular flexibility index (Phi) is 10.4. The number of carbonyl (C=O) groups excluding carboxylic acids is 1. The van der Waals surface area contributed by atoms with Gasteiger partial charge in [-0.1, -0.05) is 58.6 Å². The van der Waals surface area contributed by atoms with E-state index < -0.39 is 24.2 Å². The van der Waals surface area contributed by atoms with Gasteiger partial charge in [-0.25, -0.2) is 14.8 Å². The molecule has 0 aliphatic carbocycles. The summed E-state index contributed by atoms with van der Waals surface area (Å²) in [5.74, 6) is 0.127. The zero-order valence-electron chi connectivity index (χ0n) is 21.8. The van der Waals surface area contributed by atoms with Crippen LogP contribution in [0.15, 0.2) is 76.8 Å². The Morgan fingerprint density at radius 3 is 2.68 bits per heavy atom. The van der Waals surface area contributed by atoms with E-state index in [0.717, 1.165) is 0 Å². The molecule has 1 heterocycles. The maximum atomic E-state index is 14.0. The van der Waals surface area contributed by atoms with E-state index in [9.17, 15) is 9.18 Å². The number of alkyl halides is 1. The molecule has 0 bridgehead atoms. The smallest absolute Gasteiger partial charge is 0.266 e. The molecule has 41 heavy (non-hydrogen) atoms. The molecule has 13 heteroatoms. The van der Waals surface area contributed by atoms with Crippen molar-refractivity contribution in [2.24, 2.45) is 10.1 Å². The van der Waals surface area contributed by atoms with Gasteiger partial charge in [0.15, 0.2) is 11.6 Å². The third-order valence-electron chi connectivity index (χ3n) is 6.30. The number of hydrazine groups is 1. The van der Waals surface area contributed by atoms with Crippen LogP contribution in [-0.2, 0) is 16.0 Å². The van der Waals surface area contributed by atoms with Crippen LogP contribution in [0.25, 0.3) is 10.4 Å². The van der Waals surface area contributed by atoms with Crippen molar-refractivity contribution < 1.29 is 23.8 Å². The van der Waals surface area contributed by atoms with Crippen LogP contribution in [0.4, 0.5) is 10.1 Å². The van der Waals surface area contributed by atoms with E-state index in [1.54, 1.807) is 60.7 Å². The molecular weight excluding hydrogens is 574 g/mol. The molecule has 0 unspecified atom stereocenters. The highest BCUT2D eigenvalue weighted by Crippen LogP contribution is 2.45. The molecule has 1 aliphatic heterocycles. The number of hydrogen-bond acceptors (Lipinski definition) is 7. The molecule has 10 nitrogen and oxygen atoms in total. The van der Waals surface area contributed by atoms with E-state index in [2.05, 4.69) is 20.9 Å². The molecule has 214 valence electrons. The number of ether oxygens (including phenoxy) is 2. The molecule has 3 N–H and O–H groups in total. The minimum Gasteiger partial charge on any atom is -0.494 e. The van der Waals surface area contributed by atoms with Crippen molar-refractivity contribution in [3.63, 3.8) is 0 Å². The lowest BCUT2D eigenvalue weighted by molar-refractivity contribution is -0.130. The minimum absolute atomic E-state index is 0.0184. The lowest BCUT2D eigenvalue weighted by Crippen LogP contribution is -2.54. The molecule has 0 fully saturated rings. The first-order valence-electron chi connectivity index (χ1n) is 12.7. The standard InChI is InChI=1S/C28H27Cl2FN6O4/c29-20-8-11-22(23(30)16-20)25-28(27(39)36-33-13-12-31,17-19-4-1-2-5-24(19)35-37-32)34-26(41-25)18-6-9-21(10-7-18)40-15-3-14-38/h1-2,4-11,16,25,33,38H,3,12-15,17H2,(H,36,39)/t25-,28-/m0/s1. The third kappa shape index (κ3) is 7.08. The van der Waals surface area contributed by atoms with Crippen LogP contribution in [0, 0.1) is 0 Å². The Bertz CT molecular complexity index is 1450. The Balaban J connectivity index is 1.84. The second kappa shape index (κ2) is 14.2. The SMILES string of the molecule is [N-]=[N+]=Nc1ccccc1C[C@]1(C(=O)NNCCF)N=C(c2ccc(OCCCO)cc2)O[C@H]1c1ccc(Cl)cc1Cl. The molecule has 0 spiro atoms. The Morgan fingerprint density at radius 2 is 1.98 bits per heavy atom. The highest BCUT2D eigenvalue weighted by molar-refractivity contribution is 6.35. The molecule has 2 atom stereocenters. The second-order valence-corrected chi connectivity index (χ2v) is 9.86. The normalized spacial score (nSPS) is 17.8. The first-order valence-corrected chi connectivity index (χ1v) is 13.4. The summed E-state index contributed by atoms with van der Waals surface area (Å²) in [6.45, 7) is -0.468. The summed E-state index contributed by atoms with van der Waals surface area (Å²) in [7, 11) is 0. The van der Waals surface area contributed by atoms with Gasteiger partial charge in [-0.3, -0.25) is 10.2 Å².